The van der Waals surface area contributed by atoms with Crippen LogP contribution in [0.3, 0.4) is 0 Å². The molecule has 1 aliphatic rings. The summed E-state index contributed by atoms with van der Waals surface area (Å²) < 4.78 is 43.2. The van der Waals surface area contributed by atoms with E-state index in [1.165, 1.54) is 12.1 Å². The first-order chi connectivity index (χ1) is 15.7. The molecule has 7 nitrogen and oxygen atoms in total. The van der Waals surface area contributed by atoms with Crippen LogP contribution in [0.1, 0.15) is 47.5 Å². The molecule has 0 saturated heterocycles. The van der Waals surface area contributed by atoms with Gasteiger partial charge in [0, 0.05) is 18.5 Å². The van der Waals surface area contributed by atoms with Gasteiger partial charge in [0.05, 0.1) is 11.1 Å². The fraction of sp³-hybridized carbons (Fsp3) is 0.348. The molecule has 4 rings (SSSR count). The van der Waals surface area contributed by atoms with Gasteiger partial charge in [0.1, 0.15) is 11.6 Å². The zero-order valence-electron chi connectivity index (χ0n) is 17.9. The number of hydrogen-bond donors (Lipinski definition) is 3. The molecule has 0 radical (unpaired) electrons. The molecule has 3 aromatic rings. The number of halogens is 3. The van der Waals surface area contributed by atoms with E-state index < -0.39 is 18.0 Å². The van der Waals surface area contributed by atoms with E-state index in [4.69, 9.17) is 5.73 Å². The van der Waals surface area contributed by atoms with E-state index in [1.54, 1.807) is 13.1 Å². The Bertz CT molecular complexity index is 1160. The number of para-hydroxylation sites is 2. The van der Waals surface area contributed by atoms with Crippen molar-refractivity contribution in [3.05, 3.63) is 53.6 Å². The number of amides is 1. The summed E-state index contributed by atoms with van der Waals surface area (Å²) in [5.74, 6) is -0.428. The van der Waals surface area contributed by atoms with Crippen LogP contribution in [0.4, 0.5) is 24.9 Å². The van der Waals surface area contributed by atoms with E-state index >= 15 is 0 Å². The first-order valence-corrected chi connectivity index (χ1v) is 10.6. The van der Waals surface area contributed by atoms with Gasteiger partial charge in [-0.2, -0.15) is 4.98 Å². The first-order valence-electron chi connectivity index (χ1n) is 10.6. The van der Waals surface area contributed by atoms with E-state index in [-0.39, 0.29) is 17.5 Å². The fourth-order valence-corrected chi connectivity index (χ4v) is 4.36. The zero-order valence-corrected chi connectivity index (χ0v) is 17.9. The Morgan fingerprint density at radius 2 is 1.79 bits per heavy atom. The van der Waals surface area contributed by atoms with Crippen molar-refractivity contribution in [3.8, 4) is 5.75 Å². The minimum absolute atomic E-state index is 0.0680. The third kappa shape index (κ3) is 5.10. The molecule has 1 aliphatic carbocycles. The minimum Gasteiger partial charge on any atom is -0.405 e. The predicted octanol–water partition coefficient (Wildman–Crippen LogP) is 4.81. The maximum absolute atomic E-state index is 13.0. The standard InChI is InChI=1S/C23H24F3N5O2/c1-28-21-16-5-2-3-8-18(16)30-22(31-21)29-14-11-9-13(10-12-14)15-6-4-7-17(20(27)32)19(15)33-23(24,25)26/h2-8,13-14H,9-12H2,1H3,(H2,27,32)(H2,28,29,30,31). The van der Waals surface area contributed by atoms with Crippen LogP contribution in [0, 0.1) is 0 Å². The highest BCUT2D eigenvalue weighted by Gasteiger charge is 2.36. The number of nitrogens with two attached hydrogens (primary N) is 1. The number of anilines is 2. The van der Waals surface area contributed by atoms with Gasteiger partial charge in [0.2, 0.25) is 5.95 Å². The summed E-state index contributed by atoms with van der Waals surface area (Å²) in [4.78, 5) is 20.8. The maximum atomic E-state index is 13.0. The molecule has 1 amide bonds. The van der Waals surface area contributed by atoms with Crippen LogP contribution in [0.2, 0.25) is 0 Å². The van der Waals surface area contributed by atoms with Crippen molar-refractivity contribution in [2.75, 3.05) is 17.7 Å². The number of carbonyl (C=O) groups excluding carboxylic acids is 1. The summed E-state index contributed by atoms with van der Waals surface area (Å²) in [7, 11) is 1.80. The number of aromatic nitrogens is 2. The van der Waals surface area contributed by atoms with Crippen molar-refractivity contribution in [3.63, 3.8) is 0 Å². The monoisotopic (exact) mass is 459 g/mol. The molecule has 1 heterocycles. The van der Waals surface area contributed by atoms with Crippen molar-refractivity contribution in [1.29, 1.82) is 0 Å². The van der Waals surface area contributed by atoms with Gasteiger partial charge in [-0.25, -0.2) is 4.98 Å². The number of primary amides is 1. The molecule has 0 bridgehead atoms. The van der Waals surface area contributed by atoms with Crippen LogP contribution in [0.5, 0.6) is 5.75 Å². The van der Waals surface area contributed by atoms with E-state index in [0.717, 1.165) is 10.9 Å². The van der Waals surface area contributed by atoms with Crippen molar-refractivity contribution >= 4 is 28.6 Å². The SMILES string of the molecule is CNc1nc(NC2CCC(c3cccc(C(N)=O)c3OC(F)(F)F)CC2)nc2ccccc12. The van der Waals surface area contributed by atoms with Crippen molar-refractivity contribution in [2.24, 2.45) is 5.73 Å². The Morgan fingerprint density at radius 1 is 1.06 bits per heavy atom. The van der Waals surface area contributed by atoms with Gasteiger partial charge in [0.25, 0.3) is 5.91 Å². The minimum atomic E-state index is -4.92. The molecule has 0 atom stereocenters. The molecule has 1 fully saturated rings. The number of fused-ring (bicyclic) bond motifs is 1. The highest BCUT2D eigenvalue weighted by Crippen LogP contribution is 2.41. The Balaban J connectivity index is 1.50. The van der Waals surface area contributed by atoms with Crippen LogP contribution in [-0.2, 0) is 0 Å². The fourth-order valence-electron chi connectivity index (χ4n) is 4.36. The highest BCUT2D eigenvalue weighted by molar-refractivity contribution is 5.96. The number of nitrogens with zero attached hydrogens (tertiary/aromatic N) is 2. The van der Waals surface area contributed by atoms with Crippen molar-refractivity contribution < 1.29 is 22.7 Å². The largest absolute Gasteiger partial charge is 0.573 e. The predicted molar refractivity (Wildman–Crippen MR) is 119 cm³/mol. The van der Waals surface area contributed by atoms with Gasteiger partial charge in [-0.15, -0.1) is 13.2 Å². The van der Waals surface area contributed by atoms with Crippen LogP contribution in [0.15, 0.2) is 42.5 Å². The molecule has 174 valence electrons. The molecular formula is C23H24F3N5O2. The van der Waals surface area contributed by atoms with E-state index in [2.05, 4.69) is 25.3 Å². The Kier molecular flexibility index (Phi) is 6.26. The van der Waals surface area contributed by atoms with Crippen molar-refractivity contribution in [2.45, 2.75) is 44.0 Å². The van der Waals surface area contributed by atoms with Gasteiger partial charge in [-0.1, -0.05) is 24.3 Å². The summed E-state index contributed by atoms with van der Waals surface area (Å²) in [6.07, 6.45) is -2.30. The molecule has 1 aromatic heterocycles. The van der Waals surface area contributed by atoms with Gasteiger partial charge in [-0.05, 0) is 55.4 Å². The lowest BCUT2D eigenvalue weighted by atomic mass is 9.81. The molecule has 1 saturated carbocycles. The van der Waals surface area contributed by atoms with Crippen LogP contribution in [-0.4, -0.2) is 35.3 Å². The van der Waals surface area contributed by atoms with Crippen molar-refractivity contribution in [1.82, 2.24) is 9.97 Å². The van der Waals surface area contributed by atoms with E-state index in [0.29, 0.717) is 43.0 Å². The number of rotatable bonds is 6. The summed E-state index contributed by atoms with van der Waals surface area (Å²) >= 11 is 0. The third-order valence-electron chi connectivity index (χ3n) is 5.87. The van der Waals surface area contributed by atoms with Gasteiger partial charge >= 0.3 is 6.36 Å². The lowest BCUT2D eigenvalue weighted by Crippen LogP contribution is -2.28. The Hall–Kier alpha value is -3.56. The second kappa shape index (κ2) is 9.13. The first kappa shape index (κ1) is 22.6. The second-order valence-electron chi connectivity index (χ2n) is 7.99. The van der Waals surface area contributed by atoms with Crippen LogP contribution < -0.4 is 21.1 Å². The van der Waals surface area contributed by atoms with E-state index in [1.807, 2.05) is 24.3 Å². The molecule has 33 heavy (non-hydrogen) atoms. The highest BCUT2D eigenvalue weighted by atomic mass is 19.4. The number of carbonyl (C=O) groups is 1. The van der Waals surface area contributed by atoms with Gasteiger partial charge in [-0.3, -0.25) is 4.79 Å². The summed E-state index contributed by atoms with van der Waals surface area (Å²) in [5.41, 5.74) is 6.18. The Labute approximate surface area is 188 Å². The molecule has 10 heteroatoms. The number of ether oxygens (including phenoxy) is 1. The molecule has 0 aliphatic heterocycles. The molecular weight excluding hydrogens is 435 g/mol. The second-order valence-corrected chi connectivity index (χ2v) is 7.99. The number of benzene rings is 2. The van der Waals surface area contributed by atoms with Crippen LogP contribution in [0.25, 0.3) is 10.9 Å². The quantitative estimate of drug-likeness (QED) is 0.489. The van der Waals surface area contributed by atoms with Crippen LogP contribution >= 0.6 is 0 Å². The normalized spacial score (nSPS) is 18.7. The zero-order chi connectivity index (χ0) is 23.6. The number of hydrogen-bond acceptors (Lipinski definition) is 6. The number of alkyl halides is 3. The average Bonchev–Trinajstić information content (AvgIpc) is 2.78. The third-order valence-corrected chi connectivity index (χ3v) is 5.87. The molecule has 2 aromatic carbocycles. The molecule has 0 unspecified atom stereocenters. The summed E-state index contributed by atoms with van der Waals surface area (Å²) in [5, 5.41) is 7.35. The summed E-state index contributed by atoms with van der Waals surface area (Å²) in [6, 6.07) is 12.1. The summed E-state index contributed by atoms with van der Waals surface area (Å²) in [6.45, 7) is 0. The van der Waals surface area contributed by atoms with Gasteiger partial charge in [0.15, 0.2) is 0 Å². The average molecular weight is 459 g/mol. The topological polar surface area (TPSA) is 102 Å². The lowest BCUT2D eigenvalue weighted by molar-refractivity contribution is -0.275. The smallest absolute Gasteiger partial charge is 0.405 e. The lowest BCUT2D eigenvalue weighted by Gasteiger charge is -2.31. The number of nitrogens with one attached hydrogen (secondary N) is 2. The van der Waals surface area contributed by atoms with Gasteiger partial charge < -0.3 is 21.1 Å². The molecule has 0 spiro atoms. The molecule has 4 N–H and O–H groups in total. The maximum Gasteiger partial charge on any atom is 0.573 e. The van der Waals surface area contributed by atoms with E-state index in [9.17, 15) is 18.0 Å². The Morgan fingerprint density at radius 3 is 2.45 bits per heavy atom.